The first-order chi connectivity index (χ1) is 13.7. The lowest BCUT2D eigenvalue weighted by Crippen LogP contribution is -2.39. The summed E-state index contributed by atoms with van der Waals surface area (Å²) in [4.78, 5) is 9.55. The number of halogens is 4. The summed E-state index contributed by atoms with van der Waals surface area (Å²) >= 11 is 6.05. The van der Waals surface area contributed by atoms with Gasteiger partial charge in [0.05, 0.1) is 25.5 Å². The van der Waals surface area contributed by atoms with Crippen LogP contribution in [0.3, 0.4) is 0 Å². The van der Waals surface area contributed by atoms with Crippen LogP contribution < -0.4 is 5.73 Å². The van der Waals surface area contributed by atoms with Crippen molar-refractivity contribution in [2.45, 2.75) is 43.9 Å². The Morgan fingerprint density at radius 1 is 1.28 bits per heavy atom. The summed E-state index contributed by atoms with van der Waals surface area (Å²) in [6, 6.07) is 0. The first kappa shape index (κ1) is 22.0. The maximum absolute atomic E-state index is 12.4. The Morgan fingerprint density at radius 3 is 2.55 bits per heavy atom. The van der Waals surface area contributed by atoms with Crippen molar-refractivity contribution < 1.29 is 23.0 Å². The number of nitrogen functional groups attached to an aromatic ring is 1. The number of rotatable bonds is 2. The number of fused-ring (bicyclic) bond motifs is 1. The van der Waals surface area contributed by atoms with Gasteiger partial charge in [0.2, 0.25) is 5.95 Å². The number of hydrogen-bond acceptors (Lipinski definition) is 7. The Labute approximate surface area is 170 Å². The van der Waals surface area contributed by atoms with Crippen LogP contribution in [-0.4, -0.2) is 74.7 Å². The second-order valence-electron chi connectivity index (χ2n) is 7.21. The Morgan fingerprint density at radius 2 is 2.00 bits per heavy atom. The normalized spacial score (nSPS) is 21.8. The first-order valence-corrected chi connectivity index (χ1v) is 9.82. The van der Waals surface area contributed by atoms with Crippen LogP contribution in [0.25, 0.3) is 5.52 Å². The third-order valence-corrected chi connectivity index (χ3v) is 5.16. The molecule has 0 aromatic carbocycles. The second kappa shape index (κ2) is 9.41. The van der Waals surface area contributed by atoms with Crippen molar-refractivity contribution in [3.63, 3.8) is 0 Å². The monoisotopic (exact) mass is 436 g/mol. The maximum Gasteiger partial charge on any atom is 0.401 e. The molecule has 0 amide bonds. The standard InChI is InChI=1S/C12H14ClF3N6.C5H10O2/c13-9-8-5-18-11(17)20-22(8)10(19-9)7-1-3-21(4-2-7)6-12(14,15)16;6-5-2-1-3-7-4-5/h5,7H,1-4,6H2,(H2,17,20);5-6H,1-4H2. The minimum Gasteiger partial charge on any atom is -0.391 e. The van der Waals surface area contributed by atoms with Crippen LogP contribution in [0.5, 0.6) is 0 Å². The average Bonchev–Trinajstić information content (AvgIpc) is 2.98. The number of aromatic nitrogens is 4. The van der Waals surface area contributed by atoms with E-state index in [4.69, 9.17) is 27.2 Å². The zero-order valence-electron chi connectivity index (χ0n) is 15.8. The third-order valence-electron chi connectivity index (χ3n) is 4.88. The zero-order chi connectivity index (χ0) is 21.0. The van der Waals surface area contributed by atoms with Gasteiger partial charge in [-0.15, -0.1) is 5.10 Å². The van der Waals surface area contributed by atoms with Crippen molar-refractivity contribution in [2.24, 2.45) is 0 Å². The van der Waals surface area contributed by atoms with Gasteiger partial charge in [-0.25, -0.2) is 14.5 Å². The third kappa shape index (κ3) is 6.14. The second-order valence-corrected chi connectivity index (χ2v) is 7.57. The zero-order valence-corrected chi connectivity index (χ0v) is 16.5. The van der Waals surface area contributed by atoms with E-state index in [-0.39, 0.29) is 23.1 Å². The van der Waals surface area contributed by atoms with Crippen LogP contribution >= 0.6 is 11.6 Å². The average molecular weight is 437 g/mol. The predicted octanol–water partition coefficient (Wildman–Crippen LogP) is 2.26. The fraction of sp³-hybridized carbons (Fsp3) is 0.706. The van der Waals surface area contributed by atoms with Gasteiger partial charge in [0.15, 0.2) is 5.15 Å². The molecule has 8 nitrogen and oxygen atoms in total. The summed E-state index contributed by atoms with van der Waals surface area (Å²) in [5, 5.41) is 13.1. The fourth-order valence-corrected chi connectivity index (χ4v) is 3.69. The molecule has 3 N–H and O–H groups in total. The van der Waals surface area contributed by atoms with Crippen LogP contribution in [0.2, 0.25) is 5.15 Å². The van der Waals surface area contributed by atoms with Gasteiger partial charge in [0.1, 0.15) is 11.3 Å². The van der Waals surface area contributed by atoms with Gasteiger partial charge in [-0.3, -0.25) is 4.90 Å². The van der Waals surface area contributed by atoms with E-state index < -0.39 is 12.7 Å². The van der Waals surface area contributed by atoms with Gasteiger partial charge in [0, 0.05) is 12.5 Å². The number of likely N-dealkylation sites (tertiary alicyclic amines) is 1. The molecule has 2 aromatic rings. The summed E-state index contributed by atoms with van der Waals surface area (Å²) in [5.41, 5.74) is 6.12. The molecule has 2 aliphatic heterocycles. The lowest BCUT2D eigenvalue weighted by Gasteiger charge is -2.31. The summed E-state index contributed by atoms with van der Waals surface area (Å²) in [6.07, 6.45) is 0.192. The van der Waals surface area contributed by atoms with Crippen LogP contribution in [0.15, 0.2) is 6.20 Å². The largest absolute Gasteiger partial charge is 0.401 e. The lowest BCUT2D eigenvalue weighted by atomic mass is 9.96. The number of anilines is 1. The molecular formula is C17H24ClF3N6O2. The summed E-state index contributed by atoms with van der Waals surface area (Å²) < 4.78 is 43.7. The van der Waals surface area contributed by atoms with Crippen LogP contribution in [0.1, 0.15) is 37.4 Å². The van der Waals surface area contributed by atoms with Crippen LogP contribution in [-0.2, 0) is 4.74 Å². The van der Waals surface area contributed by atoms with E-state index in [0.717, 1.165) is 19.4 Å². The molecule has 12 heteroatoms. The minimum atomic E-state index is -4.17. The quantitative estimate of drug-likeness (QED) is 0.744. The van der Waals surface area contributed by atoms with Crippen molar-refractivity contribution in [3.05, 3.63) is 17.2 Å². The van der Waals surface area contributed by atoms with Crippen molar-refractivity contribution in [1.82, 2.24) is 24.5 Å². The van der Waals surface area contributed by atoms with Crippen molar-refractivity contribution in [2.75, 3.05) is 38.6 Å². The van der Waals surface area contributed by atoms with E-state index in [2.05, 4.69) is 15.1 Å². The molecule has 2 fully saturated rings. The number of aliphatic hydroxyl groups excluding tert-OH is 1. The smallest absolute Gasteiger partial charge is 0.391 e. The summed E-state index contributed by atoms with van der Waals surface area (Å²) in [6.45, 7) is 1.21. The number of hydrogen-bond donors (Lipinski definition) is 2. The van der Waals surface area contributed by atoms with Gasteiger partial charge in [-0.1, -0.05) is 11.6 Å². The Balaban J connectivity index is 0.000000290. The molecule has 1 atom stereocenters. The number of nitrogens with two attached hydrogens (primary N) is 1. The SMILES string of the molecule is Nc1ncc2c(Cl)nc(C3CCN(CC(F)(F)F)CC3)n2n1.OC1CCCOC1. The highest BCUT2D eigenvalue weighted by Crippen LogP contribution is 2.31. The van der Waals surface area contributed by atoms with E-state index in [1.165, 1.54) is 15.6 Å². The van der Waals surface area contributed by atoms with E-state index in [0.29, 0.717) is 43.9 Å². The van der Waals surface area contributed by atoms with Crippen LogP contribution in [0, 0.1) is 0 Å². The fourth-order valence-electron chi connectivity index (χ4n) is 3.48. The Hall–Kier alpha value is -1.69. The van der Waals surface area contributed by atoms with Crippen LogP contribution in [0.4, 0.5) is 19.1 Å². The highest BCUT2D eigenvalue weighted by atomic mass is 35.5. The van der Waals surface area contributed by atoms with Gasteiger partial charge in [-0.05, 0) is 38.8 Å². The topological polar surface area (TPSA) is 102 Å². The van der Waals surface area contributed by atoms with E-state index in [9.17, 15) is 13.2 Å². The van der Waals surface area contributed by atoms with E-state index in [1.54, 1.807) is 0 Å². The molecule has 0 aliphatic carbocycles. The molecule has 2 saturated heterocycles. The Kier molecular flexibility index (Phi) is 7.14. The number of nitrogens with zero attached hydrogens (tertiary/aromatic N) is 5. The molecular weight excluding hydrogens is 413 g/mol. The van der Waals surface area contributed by atoms with E-state index in [1.807, 2.05) is 0 Å². The number of piperidine rings is 1. The highest BCUT2D eigenvalue weighted by Gasteiger charge is 2.33. The molecule has 162 valence electrons. The molecule has 4 rings (SSSR count). The molecule has 29 heavy (non-hydrogen) atoms. The lowest BCUT2D eigenvalue weighted by molar-refractivity contribution is -0.148. The van der Waals surface area contributed by atoms with E-state index >= 15 is 0 Å². The molecule has 0 saturated carbocycles. The summed E-state index contributed by atoms with van der Waals surface area (Å²) in [5.74, 6) is 0.719. The summed E-state index contributed by atoms with van der Waals surface area (Å²) in [7, 11) is 0. The van der Waals surface area contributed by atoms with Crippen molar-refractivity contribution >= 4 is 23.1 Å². The maximum atomic E-state index is 12.4. The van der Waals surface area contributed by atoms with Gasteiger partial charge < -0.3 is 15.6 Å². The molecule has 2 aromatic heterocycles. The number of ether oxygens (including phenoxy) is 1. The highest BCUT2D eigenvalue weighted by molar-refractivity contribution is 6.32. The molecule has 2 aliphatic rings. The van der Waals surface area contributed by atoms with Gasteiger partial charge in [-0.2, -0.15) is 13.2 Å². The molecule has 1 unspecified atom stereocenters. The predicted molar refractivity (Wildman–Crippen MR) is 101 cm³/mol. The van der Waals surface area contributed by atoms with Crippen molar-refractivity contribution in [1.29, 1.82) is 0 Å². The van der Waals surface area contributed by atoms with Gasteiger partial charge in [0.25, 0.3) is 0 Å². The molecule has 0 bridgehead atoms. The number of alkyl halides is 3. The first-order valence-electron chi connectivity index (χ1n) is 9.44. The molecule has 0 radical (unpaired) electrons. The van der Waals surface area contributed by atoms with Gasteiger partial charge >= 0.3 is 6.18 Å². The molecule has 0 spiro atoms. The van der Waals surface area contributed by atoms with Crippen molar-refractivity contribution in [3.8, 4) is 0 Å². The molecule has 4 heterocycles. The minimum absolute atomic E-state index is 0.00113. The Bertz CT molecular complexity index is 804. The number of imidazole rings is 1. The number of aliphatic hydroxyl groups is 1.